The fourth-order valence-electron chi connectivity index (χ4n) is 5.01. The Morgan fingerprint density at radius 1 is 0.923 bits per heavy atom. The lowest BCUT2D eigenvalue weighted by Gasteiger charge is -2.26. The van der Waals surface area contributed by atoms with Crippen LogP contribution in [0.4, 0.5) is 17.5 Å². The molecule has 0 saturated carbocycles. The van der Waals surface area contributed by atoms with Crippen LogP contribution < -0.4 is 21.1 Å². The van der Waals surface area contributed by atoms with E-state index in [-0.39, 0.29) is 12.5 Å². The molecule has 0 atom stereocenters. The average molecular weight is 526 g/mol. The van der Waals surface area contributed by atoms with Crippen LogP contribution in [-0.2, 0) is 17.9 Å². The molecule has 0 bridgehead atoms. The summed E-state index contributed by atoms with van der Waals surface area (Å²) >= 11 is 0. The zero-order chi connectivity index (χ0) is 27.2. The molecule has 202 valence electrons. The normalized spacial score (nSPS) is 13.3. The van der Waals surface area contributed by atoms with Crippen molar-refractivity contribution in [2.24, 2.45) is 0 Å². The first-order valence-corrected chi connectivity index (χ1v) is 13.4. The number of ether oxygens (including phenoxy) is 1. The first kappa shape index (κ1) is 26.2. The smallest absolute Gasteiger partial charge is 0.260 e. The third-order valence-corrected chi connectivity index (χ3v) is 7.30. The highest BCUT2D eigenvalue weighted by Crippen LogP contribution is 2.28. The van der Waals surface area contributed by atoms with Gasteiger partial charge in [-0.2, -0.15) is 0 Å². The third kappa shape index (κ3) is 6.37. The van der Waals surface area contributed by atoms with Gasteiger partial charge in [-0.25, -0.2) is 15.0 Å². The summed E-state index contributed by atoms with van der Waals surface area (Å²) in [5.41, 5.74) is 10.7. The first-order chi connectivity index (χ1) is 19.0. The number of anilines is 3. The molecule has 0 unspecified atom stereocenters. The number of carbonyl (C=O) groups excluding carboxylic acids is 1. The van der Waals surface area contributed by atoms with Crippen LogP contribution in [-0.4, -0.2) is 45.5 Å². The fourth-order valence-corrected chi connectivity index (χ4v) is 5.01. The Morgan fingerprint density at radius 3 is 2.38 bits per heavy atom. The third-order valence-electron chi connectivity index (χ3n) is 7.30. The summed E-state index contributed by atoms with van der Waals surface area (Å²) in [5.74, 6) is 2.76. The van der Waals surface area contributed by atoms with Crippen molar-refractivity contribution < 1.29 is 9.53 Å². The van der Waals surface area contributed by atoms with Gasteiger partial charge in [-0.05, 0) is 85.0 Å². The van der Waals surface area contributed by atoms with Crippen LogP contribution in [0.5, 0.6) is 5.75 Å². The molecule has 4 aromatic rings. The van der Waals surface area contributed by atoms with Crippen LogP contribution in [0.25, 0.3) is 10.8 Å². The second-order valence-electron chi connectivity index (χ2n) is 9.96. The van der Waals surface area contributed by atoms with Crippen molar-refractivity contribution in [1.82, 2.24) is 19.9 Å². The highest BCUT2D eigenvalue weighted by atomic mass is 16.5. The van der Waals surface area contributed by atoms with Crippen LogP contribution in [0.1, 0.15) is 41.5 Å². The van der Waals surface area contributed by atoms with Crippen molar-refractivity contribution in [2.75, 3.05) is 36.1 Å². The summed E-state index contributed by atoms with van der Waals surface area (Å²) in [6, 6.07) is 13.8. The second-order valence-corrected chi connectivity index (χ2v) is 9.96. The number of hydrogen-bond donors (Lipinski definition) is 3. The number of rotatable bonds is 9. The molecule has 1 amide bonds. The van der Waals surface area contributed by atoms with E-state index < -0.39 is 0 Å². The number of fused-ring (bicyclic) bond motifs is 1. The van der Waals surface area contributed by atoms with E-state index in [0.29, 0.717) is 24.7 Å². The van der Waals surface area contributed by atoms with Crippen LogP contribution in [0, 0.1) is 13.8 Å². The molecule has 5 rings (SSSR count). The molecular formula is C30H35N7O2. The van der Waals surface area contributed by atoms with Gasteiger partial charge in [-0.15, -0.1) is 0 Å². The molecular weight excluding hydrogens is 490 g/mol. The molecule has 1 aliphatic heterocycles. The molecule has 0 aliphatic carbocycles. The maximum Gasteiger partial charge on any atom is 0.260 e. The first-order valence-electron chi connectivity index (χ1n) is 13.4. The zero-order valence-corrected chi connectivity index (χ0v) is 22.5. The number of aromatic nitrogens is 3. The van der Waals surface area contributed by atoms with Crippen LogP contribution in [0.2, 0.25) is 0 Å². The van der Waals surface area contributed by atoms with Gasteiger partial charge in [-0.1, -0.05) is 12.1 Å². The molecule has 39 heavy (non-hydrogen) atoms. The number of piperidine rings is 1. The van der Waals surface area contributed by atoms with Crippen molar-refractivity contribution in [3.05, 3.63) is 77.2 Å². The number of nitrogens with two attached hydrogens (primary N) is 1. The Hall–Kier alpha value is -4.40. The van der Waals surface area contributed by atoms with Gasteiger partial charge in [0.15, 0.2) is 6.61 Å². The zero-order valence-electron chi connectivity index (χ0n) is 22.5. The molecule has 1 saturated heterocycles. The Morgan fingerprint density at radius 2 is 1.64 bits per heavy atom. The lowest BCUT2D eigenvalue weighted by Crippen LogP contribution is -2.38. The predicted molar refractivity (Wildman–Crippen MR) is 155 cm³/mol. The van der Waals surface area contributed by atoms with E-state index >= 15 is 0 Å². The highest BCUT2D eigenvalue weighted by Gasteiger charge is 2.16. The van der Waals surface area contributed by atoms with Crippen molar-refractivity contribution >= 4 is 34.1 Å². The predicted octanol–water partition coefficient (Wildman–Crippen LogP) is 4.84. The number of pyridine rings is 1. The maximum absolute atomic E-state index is 12.3. The fraction of sp³-hybridized carbons (Fsp3) is 0.333. The molecule has 0 radical (unpaired) electrons. The summed E-state index contributed by atoms with van der Waals surface area (Å²) in [6.45, 7) is 7.19. The summed E-state index contributed by atoms with van der Waals surface area (Å²) in [4.78, 5) is 27.2. The highest BCUT2D eigenvalue weighted by molar-refractivity contribution is 5.94. The largest absolute Gasteiger partial charge is 0.484 e. The van der Waals surface area contributed by atoms with E-state index in [1.165, 1.54) is 17.5 Å². The number of hydrogen-bond acceptors (Lipinski definition) is 8. The monoisotopic (exact) mass is 525 g/mol. The van der Waals surface area contributed by atoms with Crippen LogP contribution in [0.15, 0.2) is 55.0 Å². The number of nitrogen functional groups attached to an aromatic ring is 1. The van der Waals surface area contributed by atoms with Gasteiger partial charge < -0.3 is 26.0 Å². The van der Waals surface area contributed by atoms with Gasteiger partial charge in [0.2, 0.25) is 0 Å². The summed E-state index contributed by atoms with van der Waals surface area (Å²) in [6.07, 6.45) is 6.65. The van der Waals surface area contributed by atoms with Crippen molar-refractivity contribution in [3.8, 4) is 5.75 Å². The molecule has 4 N–H and O–H groups in total. The minimum atomic E-state index is 0.0570. The number of likely N-dealkylation sites (tertiary alicyclic amines) is 1. The van der Waals surface area contributed by atoms with E-state index in [9.17, 15) is 4.79 Å². The topological polar surface area (TPSA) is 118 Å². The number of aryl methyl sites for hydroxylation is 2. The number of amides is 1. The van der Waals surface area contributed by atoms with Gasteiger partial charge in [-0.3, -0.25) is 4.79 Å². The van der Waals surface area contributed by atoms with Crippen molar-refractivity contribution in [3.63, 3.8) is 0 Å². The number of nitrogens with one attached hydrogen (secondary N) is 2. The van der Waals surface area contributed by atoms with Gasteiger partial charge in [0.1, 0.15) is 29.5 Å². The molecule has 0 spiro atoms. The van der Waals surface area contributed by atoms with E-state index in [4.69, 9.17) is 10.5 Å². The molecule has 3 heterocycles. The molecule has 2 aromatic heterocycles. The quantitative estimate of drug-likeness (QED) is 0.284. The van der Waals surface area contributed by atoms with Gasteiger partial charge in [0, 0.05) is 43.8 Å². The van der Waals surface area contributed by atoms with Crippen molar-refractivity contribution in [1.29, 1.82) is 0 Å². The average Bonchev–Trinajstić information content (AvgIpc) is 2.96. The lowest BCUT2D eigenvalue weighted by atomic mass is 9.96. The standard InChI is InChI=1S/C30H35N7O2/c1-20-14-25-24(10-11-32-30(25)31)21(2)26(20)17-34-28-15-27(35-19-36-28)33-16-22-6-8-23(9-7-22)39-18-29(38)37-12-4-3-5-13-37/h6-11,14-15,19H,3-5,12-13,16-18H2,1-2H3,(H2,31,32)(H2,33,34,35,36). The number of nitrogens with zero attached hydrogens (tertiary/aromatic N) is 4. The Balaban J connectivity index is 1.14. The minimum Gasteiger partial charge on any atom is -0.484 e. The summed E-state index contributed by atoms with van der Waals surface area (Å²) < 4.78 is 5.71. The van der Waals surface area contributed by atoms with Gasteiger partial charge in [0.25, 0.3) is 5.91 Å². The number of carbonyl (C=O) groups is 1. The van der Waals surface area contributed by atoms with Crippen LogP contribution >= 0.6 is 0 Å². The van der Waals surface area contributed by atoms with Crippen LogP contribution in [0.3, 0.4) is 0 Å². The molecule has 9 nitrogen and oxygen atoms in total. The Labute approximate surface area is 228 Å². The Kier molecular flexibility index (Phi) is 8.05. The van der Waals surface area contributed by atoms with E-state index in [0.717, 1.165) is 59.5 Å². The summed E-state index contributed by atoms with van der Waals surface area (Å²) in [5, 5.41) is 8.87. The van der Waals surface area contributed by atoms with Gasteiger partial charge in [0.05, 0.1) is 0 Å². The molecule has 9 heteroatoms. The second kappa shape index (κ2) is 12.0. The molecule has 1 aliphatic rings. The molecule has 1 fully saturated rings. The number of benzene rings is 2. The summed E-state index contributed by atoms with van der Waals surface area (Å²) in [7, 11) is 0. The van der Waals surface area contributed by atoms with E-state index in [1.807, 2.05) is 41.3 Å². The SMILES string of the molecule is Cc1cc2c(N)nccc2c(C)c1CNc1cc(NCc2ccc(OCC(=O)N3CCCCC3)cc2)ncn1. The lowest BCUT2D eigenvalue weighted by molar-refractivity contribution is -0.134. The van der Waals surface area contributed by atoms with Crippen molar-refractivity contribution in [2.45, 2.75) is 46.2 Å². The maximum atomic E-state index is 12.3. The minimum absolute atomic E-state index is 0.0570. The Bertz CT molecular complexity index is 1450. The van der Waals surface area contributed by atoms with E-state index in [2.05, 4.69) is 45.5 Å². The van der Waals surface area contributed by atoms with E-state index in [1.54, 1.807) is 12.5 Å². The van der Waals surface area contributed by atoms with Gasteiger partial charge >= 0.3 is 0 Å². The molecule has 2 aromatic carbocycles.